The van der Waals surface area contributed by atoms with Gasteiger partial charge in [0, 0.05) is 6.54 Å². The molecular formula is C19H20N2O3S2. The summed E-state index contributed by atoms with van der Waals surface area (Å²) in [7, 11) is 0. The van der Waals surface area contributed by atoms with Crippen molar-refractivity contribution >= 4 is 44.8 Å². The standard InChI is InChI=1S/C19H20N2O3S2/c1-12(2)9-10-20-17(22)11-24-19(23)16-8-7-15(25-16)18-21-13-5-3-4-6-14(13)26-18/h3-8,12H,9-11H2,1-2H3,(H,20,22). The van der Waals surface area contributed by atoms with Gasteiger partial charge in [-0.3, -0.25) is 4.79 Å². The van der Waals surface area contributed by atoms with E-state index in [-0.39, 0.29) is 12.5 Å². The highest BCUT2D eigenvalue weighted by molar-refractivity contribution is 7.26. The van der Waals surface area contributed by atoms with Crippen LogP contribution in [0, 0.1) is 5.92 Å². The lowest BCUT2D eigenvalue weighted by Crippen LogP contribution is -2.30. The fraction of sp³-hybridized carbons (Fsp3) is 0.316. The van der Waals surface area contributed by atoms with E-state index in [1.807, 2.05) is 30.3 Å². The van der Waals surface area contributed by atoms with Crippen LogP contribution in [0.15, 0.2) is 36.4 Å². The first kappa shape index (κ1) is 18.5. The fourth-order valence-corrected chi connectivity index (χ4v) is 4.21. The number of rotatable bonds is 7. The molecular weight excluding hydrogens is 368 g/mol. The SMILES string of the molecule is CC(C)CCNC(=O)COC(=O)c1ccc(-c2nc3ccccc3s2)s1. The number of hydrogen-bond acceptors (Lipinski definition) is 6. The van der Waals surface area contributed by atoms with E-state index in [2.05, 4.69) is 24.1 Å². The molecule has 7 heteroatoms. The van der Waals surface area contributed by atoms with Crippen LogP contribution in [-0.4, -0.2) is 30.0 Å². The Kier molecular flexibility index (Phi) is 6.00. The number of benzene rings is 1. The lowest BCUT2D eigenvalue weighted by atomic mass is 10.1. The minimum Gasteiger partial charge on any atom is -0.451 e. The monoisotopic (exact) mass is 388 g/mol. The Balaban J connectivity index is 1.57. The number of carbonyl (C=O) groups excluding carboxylic acids is 2. The summed E-state index contributed by atoms with van der Waals surface area (Å²) in [6.07, 6.45) is 0.899. The number of thiophene rings is 1. The molecule has 136 valence electrons. The molecule has 3 rings (SSSR count). The van der Waals surface area contributed by atoms with Gasteiger partial charge in [-0.25, -0.2) is 9.78 Å². The molecule has 5 nitrogen and oxygen atoms in total. The van der Waals surface area contributed by atoms with Crippen LogP contribution in [0.4, 0.5) is 0 Å². The van der Waals surface area contributed by atoms with E-state index in [0.29, 0.717) is 17.3 Å². The molecule has 0 aliphatic carbocycles. The predicted molar refractivity (Wildman–Crippen MR) is 106 cm³/mol. The molecule has 0 bridgehead atoms. The van der Waals surface area contributed by atoms with Gasteiger partial charge in [0.05, 0.1) is 15.1 Å². The summed E-state index contributed by atoms with van der Waals surface area (Å²) in [5, 5.41) is 3.62. The van der Waals surface area contributed by atoms with Crippen molar-refractivity contribution in [2.45, 2.75) is 20.3 Å². The zero-order valence-corrected chi connectivity index (χ0v) is 16.3. The van der Waals surface area contributed by atoms with Crippen molar-refractivity contribution in [1.82, 2.24) is 10.3 Å². The van der Waals surface area contributed by atoms with Gasteiger partial charge in [0.25, 0.3) is 5.91 Å². The molecule has 1 aromatic carbocycles. The zero-order valence-electron chi connectivity index (χ0n) is 14.7. The maximum atomic E-state index is 12.1. The molecule has 0 fully saturated rings. The van der Waals surface area contributed by atoms with Gasteiger partial charge < -0.3 is 10.1 Å². The molecule has 0 saturated heterocycles. The number of hydrogen-bond donors (Lipinski definition) is 1. The second-order valence-electron chi connectivity index (χ2n) is 6.26. The number of amides is 1. The van der Waals surface area contributed by atoms with Crippen LogP contribution in [0.25, 0.3) is 20.1 Å². The molecule has 0 radical (unpaired) electrons. The van der Waals surface area contributed by atoms with Crippen molar-refractivity contribution in [3.05, 3.63) is 41.3 Å². The number of nitrogens with zero attached hydrogens (tertiary/aromatic N) is 1. The average Bonchev–Trinajstić information content (AvgIpc) is 3.25. The predicted octanol–water partition coefficient (Wildman–Crippen LogP) is 4.34. The zero-order chi connectivity index (χ0) is 18.5. The quantitative estimate of drug-likeness (QED) is 0.611. The Morgan fingerprint density at radius 3 is 2.73 bits per heavy atom. The smallest absolute Gasteiger partial charge is 0.348 e. The fourth-order valence-electron chi connectivity index (χ4n) is 2.29. The molecule has 2 heterocycles. The molecule has 0 saturated carbocycles. The largest absolute Gasteiger partial charge is 0.451 e. The molecule has 0 unspecified atom stereocenters. The normalized spacial score (nSPS) is 11.0. The second-order valence-corrected chi connectivity index (χ2v) is 8.37. The summed E-state index contributed by atoms with van der Waals surface area (Å²) >= 11 is 2.91. The van der Waals surface area contributed by atoms with Gasteiger partial charge in [-0.15, -0.1) is 22.7 Å². The summed E-state index contributed by atoms with van der Waals surface area (Å²) in [5.74, 6) is -0.242. The summed E-state index contributed by atoms with van der Waals surface area (Å²) in [4.78, 5) is 29.8. The Morgan fingerprint density at radius 1 is 1.15 bits per heavy atom. The number of aromatic nitrogens is 1. The van der Waals surface area contributed by atoms with Crippen LogP contribution in [0.1, 0.15) is 29.9 Å². The van der Waals surface area contributed by atoms with E-state index < -0.39 is 5.97 Å². The highest BCUT2D eigenvalue weighted by Gasteiger charge is 2.15. The van der Waals surface area contributed by atoms with Crippen molar-refractivity contribution in [3.8, 4) is 9.88 Å². The number of nitrogens with one attached hydrogen (secondary N) is 1. The van der Waals surface area contributed by atoms with Crippen LogP contribution in [-0.2, 0) is 9.53 Å². The molecule has 26 heavy (non-hydrogen) atoms. The first-order chi connectivity index (χ1) is 12.5. The first-order valence-electron chi connectivity index (χ1n) is 8.42. The van der Waals surface area contributed by atoms with Crippen LogP contribution < -0.4 is 5.32 Å². The second kappa shape index (κ2) is 8.42. The number of carbonyl (C=O) groups is 2. The Labute approximate surface area is 160 Å². The van der Waals surface area contributed by atoms with Crippen molar-refractivity contribution in [1.29, 1.82) is 0 Å². The van der Waals surface area contributed by atoms with Gasteiger partial charge in [0.15, 0.2) is 6.61 Å². The number of fused-ring (bicyclic) bond motifs is 1. The van der Waals surface area contributed by atoms with Crippen molar-refractivity contribution < 1.29 is 14.3 Å². The average molecular weight is 389 g/mol. The minimum atomic E-state index is -0.485. The van der Waals surface area contributed by atoms with E-state index in [4.69, 9.17) is 4.74 Å². The third-order valence-electron chi connectivity index (χ3n) is 3.69. The van der Waals surface area contributed by atoms with Crippen LogP contribution in [0.5, 0.6) is 0 Å². The summed E-state index contributed by atoms with van der Waals surface area (Å²) in [6.45, 7) is 4.51. The Bertz CT molecular complexity index is 881. The van der Waals surface area contributed by atoms with E-state index in [1.54, 1.807) is 17.4 Å². The lowest BCUT2D eigenvalue weighted by Gasteiger charge is -2.07. The van der Waals surface area contributed by atoms with Crippen molar-refractivity contribution in [3.63, 3.8) is 0 Å². The number of thiazole rings is 1. The molecule has 2 aromatic heterocycles. The Morgan fingerprint density at radius 2 is 1.96 bits per heavy atom. The Hall–Kier alpha value is -2.25. The van der Waals surface area contributed by atoms with Crippen LogP contribution in [0.2, 0.25) is 0 Å². The van der Waals surface area contributed by atoms with Crippen LogP contribution >= 0.6 is 22.7 Å². The van der Waals surface area contributed by atoms with E-state index in [1.165, 1.54) is 11.3 Å². The van der Waals surface area contributed by atoms with Gasteiger partial charge in [0.2, 0.25) is 0 Å². The van der Waals surface area contributed by atoms with Gasteiger partial charge in [0.1, 0.15) is 9.88 Å². The highest BCUT2D eigenvalue weighted by atomic mass is 32.1. The first-order valence-corrected chi connectivity index (χ1v) is 10.1. The van der Waals surface area contributed by atoms with E-state index in [9.17, 15) is 9.59 Å². The van der Waals surface area contributed by atoms with Gasteiger partial charge >= 0.3 is 5.97 Å². The van der Waals surface area contributed by atoms with Gasteiger partial charge in [-0.1, -0.05) is 26.0 Å². The number of esters is 1. The lowest BCUT2D eigenvalue weighted by molar-refractivity contribution is -0.124. The number of ether oxygens (including phenoxy) is 1. The molecule has 0 aliphatic heterocycles. The molecule has 0 spiro atoms. The van der Waals surface area contributed by atoms with E-state index >= 15 is 0 Å². The molecule has 1 amide bonds. The molecule has 1 N–H and O–H groups in total. The van der Waals surface area contributed by atoms with Gasteiger partial charge in [-0.2, -0.15) is 0 Å². The molecule has 0 aliphatic rings. The van der Waals surface area contributed by atoms with Crippen LogP contribution in [0.3, 0.4) is 0 Å². The summed E-state index contributed by atoms with van der Waals surface area (Å²) in [6, 6.07) is 11.5. The van der Waals surface area contributed by atoms with E-state index in [0.717, 1.165) is 26.5 Å². The highest BCUT2D eigenvalue weighted by Crippen LogP contribution is 2.34. The summed E-state index contributed by atoms with van der Waals surface area (Å²) < 4.78 is 6.21. The number of para-hydroxylation sites is 1. The maximum absolute atomic E-state index is 12.1. The third-order valence-corrected chi connectivity index (χ3v) is 5.96. The molecule has 0 atom stereocenters. The third kappa shape index (κ3) is 4.68. The minimum absolute atomic E-state index is 0.259. The maximum Gasteiger partial charge on any atom is 0.348 e. The topological polar surface area (TPSA) is 68.3 Å². The molecule has 3 aromatic rings. The van der Waals surface area contributed by atoms with Crippen molar-refractivity contribution in [2.24, 2.45) is 5.92 Å². The van der Waals surface area contributed by atoms with Gasteiger partial charge in [-0.05, 0) is 36.6 Å². The van der Waals surface area contributed by atoms with Crippen molar-refractivity contribution in [2.75, 3.05) is 13.2 Å². The summed E-state index contributed by atoms with van der Waals surface area (Å²) in [5.41, 5.74) is 0.947.